The molecule has 12 nitrogen and oxygen atoms in total. The Morgan fingerprint density at radius 1 is 1.07 bits per heavy atom. The fraction of sp³-hybridized carbons (Fsp3) is 0.556. The third-order valence-corrected chi connectivity index (χ3v) is 12.7. The van der Waals surface area contributed by atoms with Crippen LogP contribution < -0.4 is 15.4 Å². The van der Waals surface area contributed by atoms with E-state index in [9.17, 15) is 45.2 Å². The molecule has 2 aromatic carbocycles. The Morgan fingerprint density at radius 3 is 2.37 bits per heavy atom. The van der Waals surface area contributed by atoms with Crippen LogP contribution in [-0.2, 0) is 48.4 Å². The number of anilines is 1. The summed E-state index contributed by atoms with van der Waals surface area (Å²) in [4.78, 5) is 58.2. The number of halogens is 5. The van der Waals surface area contributed by atoms with Gasteiger partial charge in [0, 0.05) is 23.7 Å². The summed E-state index contributed by atoms with van der Waals surface area (Å²) in [5.74, 6) is -4.32. The van der Waals surface area contributed by atoms with E-state index in [1.807, 2.05) is 6.07 Å². The van der Waals surface area contributed by atoms with Crippen molar-refractivity contribution in [3.63, 3.8) is 0 Å². The highest BCUT2D eigenvalue weighted by Crippen LogP contribution is 2.47. The van der Waals surface area contributed by atoms with Crippen molar-refractivity contribution in [1.82, 2.24) is 19.8 Å². The van der Waals surface area contributed by atoms with Gasteiger partial charge in [-0.3, -0.25) is 24.0 Å². The standard InChI is InChI=1S/C36H42ClF4N5O7S/c1-5-20-15-35(20,32(49)44-54(51,52)23-10-11-23)43-30(47)28-14-22(53-33(50)45-16-19-7-6-8-26(37)24(19)18-45)17-46(28)31(48)29(34(2,3)4)42-21-9-12-27(38)25(13-21)36(39,40)41/h6-9,12-13,20,22-23,28-29,42H,5,10-11,14-18H2,1-4H3,(H,43,47)(H,44,49)/t20-,22-,28+,29-,35?/m1/s1. The number of carbonyl (C=O) groups is 4. The smallest absolute Gasteiger partial charge is 0.419 e. The van der Waals surface area contributed by atoms with Crippen molar-refractivity contribution in [2.24, 2.45) is 11.3 Å². The molecule has 3 fully saturated rings. The number of rotatable bonds is 10. The normalized spacial score (nSPS) is 24.4. The van der Waals surface area contributed by atoms with E-state index < -0.39 is 91.7 Å². The van der Waals surface area contributed by atoms with Gasteiger partial charge in [-0.25, -0.2) is 17.6 Å². The maximum Gasteiger partial charge on any atom is 0.419 e. The van der Waals surface area contributed by atoms with Crippen LogP contribution in [0.3, 0.4) is 0 Å². The lowest BCUT2D eigenvalue weighted by molar-refractivity contribution is -0.141. The molecule has 1 unspecified atom stereocenters. The van der Waals surface area contributed by atoms with Crippen LogP contribution in [-0.4, -0.2) is 77.6 Å². The van der Waals surface area contributed by atoms with E-state index in [0.717, 1.165) is 22.1 Å². The second kappa shape index (κ2) is 14.2. The Hall–Kier alpha value is -4.12. The molecule has 1 saturated heterocycles. The molecule has 54 heavy (non-hydrogen) atoms. The van der Waals surface area contributed by atoms with E-state index >= 15 is 0 Å². The van der Waals surface area contributed by atoms with Gasteiger partial charge < -0.3 is 20.3 Å². The predicted octanol–water partition coefficient (Wildman–Crippen LogP) is 5.34. The third kappa shape index (κ3) is 7.97. The van der Waals surface area contributed by atoms with Crippen LogP contribution in [0.5, 0.6) is 0 Å². The zero-order valence-electron chi connectivity index (χ0n) is 30.1. The quantitative estimate of drug-likeness (QED) is 0.273. The fourth-order valence-electron chi connectivity index (χ4n) is 7.21. The zero-order chi connectivity index (χ0) is 39.5. The summed E-state index contributed by atoms with van der Waals surface area (Å²) >= 11 is 6.33. The third-order valence-electron chi connectivity index (χ3n) is 10.5. The number of benzene rings is 2. The van der Waals surface area contributed by atoms with Gasteiger partial charge in [0.15, 0.2) is 0 Å². The van der Waals surface area contributed by atoms with Crippen LogP contribution in [0.15, 0.2) is 36.4 Å². The number of nitrogens with one attached hydrogen (secondary N) is 3. The van der Waals surface area contributed by atoms with Gasteiger partial charge in [-0.1, -0.05) is 57.8 Å². The van der Waals surface area contributed by atoms with E-state index in [2.05, 4.69) is 15.4 Å². The van der Waals surface area contributed by atoms with Gasteiger partial charge in [-0.15, -0.1) is 0 Å². The summed E-state index contributed by atoms with van der Waals surface area (Å²) in [6.45, 7) is 6.80. The molecule has 6 rings (SSSR count). The van der Waals surface area contributed by atoms with E-state index in [1.165, 1.54) is 4.90 Å². The van der Waals surface area contributed by atoms with Crippen molar-refractivity contribution in [3.05, 3.63) is 63.9 Å². The lowest BCUT2D eigenvalue weighted by Crippen LogP contribution is -2.58. The summed E-state index contributed by atoms with van der Waals surface area (Å²) in [6, 6.07) is 4.91. The highest BCUT2D eigenvalue weighted by Gasteiger charge is 2.62. The highest BCUT2D eigenvalue weighted by atomic mass is 35.5. The molecular weight excluding hydrogens is 758 g/mol. The Balaban J connectivity index is 1.27. The molecule has 3 N–H and O–H groups in total. The van der Waals surface area contributed by atoms with Crippen LogP contribution in [0, 0.1) is 17.2 Å². The molecule has 4 aliphatic rings. The molecule has 18 heteroatoms. The van der Waals surface area contributed by atoms with Crippen molar-refractivity contribution in [2.75, 3.05) is 11.9 Å². The minimum atomic E-state index is -5.01. The summed E-state index contributed by atoms with van der Waals surface area (Å²) < 4.78 is 88.2. The van der Waals surface area contributed by atoms with Crippen LogP contribution in [0.25, 0.3) is 0 Å². The molecule has 0 aromatic heterocycles. The van der Waals surface area contributed by atoms with Gasteiger partial charge >= 0.3 is 12.3 Å². The maximum absolute atomic E-state index is 14.5. The van der Waals surface area contributed by atoms with Gasteiger partial charge in [0.2, 0.25) is 21.8 Å². The number of hydrogen-bond donors (Lipinski definition) is 3. The monoisotopic (exact) mass is 799 g/mol. The van der Waals surface area contributed by atoms with E-state index in [0.29, 0.717) is 36.4 Å². The van der Waals surface area contributed by atoms with Crippen molar-refractivity contribution in [3.8, 4) is 0 Å². The summed E-state index contributed by atoms with van der Waals surface area (Å²) in [7, 11) is -3.95. The number of ether oxygens (including phenoxy) is 1. The van der Waals surface area contributed by atoms with Gasteiger partial charge in [-0.2, -0.15) is 13.2 Å². The lowest BCUT2D eigenvalue weighted by atomic mass is 9.85. The molecule has 0 radical (unpaired) electrons. The van der Waals surface area contributed by atoms with Crippen molar-refractivity contribution >= 4 is 51.1 Å². The number of amides is 4. The molecule has 0 bridgehead atoms. The Kier molecular flexibility index (Phi) is 10.4. The topological polar surface area (TPSA) is 154 Å². The first kappa shape index (κ1) is 39.6. The summed E-state index contributed by atoms with van der Waals surface area (Å²) in [5, 5.41) is 5.31. The molecular formula is C36H42ClF4N5O7S. The molecule has 294 valence electrons. The number of fused-ring (bicyclic) bond motifs is 1. The number of carbonyl (C=O) groups excluding carboxylic acids is 4. The molecule has 4 amide bonds. The second-order valence-corrected chi connectivity index (χ2v) is 17.9. The Morgan fingerprint density at radius 2 is 1.78 bits per heavy atom. The van der Waals surface area contributed by atoms with E-state index in [-0.39, 0.29) is 38.2 Å². The first-order chi connectivity index (χ1) is 25.1. The van der Waals surface area contributed by atoms with E-state index in [4.69, 9.17) is 16.3 Å². The van der Waals surface area contributed by atoms with Gasteiger partial charge in [-0.05, 0) is 66.0 Å². The van der Waals surface area contributed by atoms with Crippen LogP contribution in [0.1, 0.15) is 76.5 Å². The maximum atomic E-state index is 14.5. The van der Waals surface area contributed by atoms with Crippen LogP contribution >= 0.6 is 11.6 Å². The zero-order valence-corrected chi connectivity index (χ0v) is 31.6. The first-order valence-corrected chi connectivity index (χ1v) is 19.6. The van der Waals surface area contributed by atoms with Gasteiger partial charge in [0.25, 0.3) is 5.91 Å². The van der Waals surface area contributed by atoms with Crippen molar-refractivity contribution in [2.45, 2.75) is 108 Å². The minimum Gasteiger partial charge on any atom is -0.444 e. The lowest BCUT2D eigenvalue weighted by Gasteiger charge is -2.36. The first-order valence-electron chi connectivity index (χ1n) is 17.7. The highest BCUT2D eigenvalue weighted by molar-refractivity contribution is 7.91. The predicted molar refractivity (Wildman–Crippen MR) is 189 cm³/mol. The second-order valence-electron chi connectivity index (χ2n) is 15.6. The Bertz CT molecular complexity index is 1970. The van der Waals surface area contributed by atoms with Gasteiger partial charge in [0.05, 0.1) is 23.9 Å². The average Bonchev–Trinajstić information content (AvgIpc) is 3.97. The van der Waals surface area contributed by atoms with Gasteiger partial charge in [0.1, 0.15) is 29.5 Å². The van der Waals surface area contributed by atoms with Crippen molar-refractivity contribution in [1.29, 1.82) is 0 Å². The number of alkyl halides is 3. The molecule has 2 saturated carbocycles. The summed E-state index contributed by atoms with van der Waals surface area (Å²) in [5.41, 5.74) is -2.72. The number of sulfonamides is 1. The average molecular weight is 800 g/mol. The molecule has 2 heterocycles. The van der Waals surface area contributed by atoms with Crippen molar-refractivity contribution < 1.29 is 49.9 Å². The SMILES string of the molecule is CC[C@@H]1CC1(NC(=O)[C@@H]1C[C@@H](OC(=O)N2Cc3cccc(Cl)c3C2)CN1C(=O)[C@@H](Nc1ccc(F)c(C(F)(F)F)c1)C(C)(C)C)C(=O)NS(=O)(=O)C1CC1. The largest absolute Gasteiger partial charge is 0.444 e. The number of likely N-dealkylation sites (tertiary alicyclic amines) is 1. The minimum absolute atomic E-state index is 0.150. The van der Waals surface area contributed by atoms with Crippen LogP contribution in [0.2, 0.25) is 5.02 Å². The van der Waals surface area contributed by atoms with E-state index in [1.54, 1.807) is 39.8 Å². The number of hydrogen-bond acceptors (Lipinski definition) is 8. The molecule has 2 aliphatic carbocycles. The number of nitrogens with zero attached hydrogens (tertiary/aromatic N) is 2. The summed E-state index contributed by atoms with van der Waals surface area (Å²) in [6.07, 6.45) is -5.57. The molecule has 0 spiro atoms. The Labute approximate surface area is 315 Å². The fourth-order valence-corrected chi connectivity index (χ4v) is 8.83. The van der Waals surface area contributed by atoms with Crippen LogP contribution in [0.4, 0.5) is 28.0 Å². The molecule has 5 atom stereocenters. The molecule has 2 aromatic rings. The molecule has 2 aliphatic heterocycles.